The molecule has 0 aliphatic carbocycles. The fourth-order valence-electron chi connectivity index (χ4n) is 1.19. The largest absolute Gasteiger partial charge is 0.354 e. The fraction of sp³-hybridized carbons (Fsp3) is 1.00. The van der Waals surface area contributed by atoms with Crippen molar-refractivity contribution in [1.29, 1.82) is 0 Å². The van der Waals surface area contributed by atoms with Crippen LogP contribution in [0.25, 0.3) is 0 Å². The summed E-state index contributed by atoms with van der Waals surface area (Å²) in [4.78, 5) is 0. The molecule has 0 spiro atoms. The van der Waals surface area contributed by atoms with Gasteiger partial charge in [0.15, 0.2) is 0 Å². The molecule has 4 heteroatoms. The number of rotatable bonds is 8. The highest BCUT2D eigenvalue weighted by atomic mass is 28.3. The van der Waals surface area contributed by atoms with Gasteiger partial charge in [0.2, 0.25) is 0 Å². The highest BCUT2D eigenvalue weighted by Crippen LogP contribution is 2.13. The topological polar surface area (TPSA) is 18.5 Å². The average molecular weight is 261 g/mol. The zero-order valence-corrected chi connectivity index (χ0v) is 14.0. The molecule has 96 valence electrons. The summed E-state index contributed by atoms with van der Waals surface area (Å²) in [7, 11) is -0.135. The molecule has 0 aromatic carbocycles. The molecule has 0 amide bonds. The minimum absolute atomic E-state index is 0.0105. The second-order valence-corrected chi connectivity index (χ2v) is 13.0. The Morgan fingerprint density at radius 1 is 0.938 bits per heavy atom. The van der Waals surface area contributed by atoms with Gasteiger partial charge in [0.25, 0.3) is 0 Å². The lowest BCUT2D eigenvalue weighted by molar-refractivity contribution is -0.134. The molecule has 0 bridgehead atoms. The van der Waals surface area contributed by atoms with E-state index in [9.17, 15) is 0 Å². The molecule has 0 aromatic heterocycles. The van der Waals surface area contributed by atoms with Crippen molar-refractivity contribution in [2.75, 3.05) is 0 Å². The van der Waals surface area contributed by atoms with E-state index in [-0.39, 0.29) is 18.1 Å². The maximum absolute atomic E-state index is 5.78. The molecule has 0 N–H and O–H groups in total. The van der Waals surface area contributed by atoms with E-state index in [1.54, 1.807) is 0 Å². The molecule has 0 atom stereocenters. The average Bonchev–Trinajstić information content (AvgIpc) is 1.98. The Morgan fingerprint density at radius 3 is 1.69 bits per heavy atom. The van der Waals surface area contributed by atoms with Crippen LogP contribution in [0.4, 0.5) is 0 Å². The van der Waals surface area contributed by atoms with Gasteiger partial charge in [-0.25, -0.2) is 0 Å². The Labute approximate surface area is 105 Å². The molecule has 0 aliphatic rings. The quantitative estimate of drug-likeness (QED) is 0.490. The maximum atomic E-state index is 5.78. The lowest BCUT2D eigenvalue weighted by Gasteiger charge is -2.24. The van der Waals surface area contributed by atoms with Crippen molar-refractivity contribution in [3.8, 4) is 0 Å². The smallest absolute Gasteiger partial charge is 0.137 e. The van der Waals surface area contributed by atoms with Crippen molar-refractivity contribution in [3.05, 3.63) is 0 Å². The molecule has 0 aromatic rings. The van der Waals surface area contributed by atoms with Crippen molar-refractivity contribution >= 4 is 17.6 Å². The molecule has 0 rings (SSSR count). The van der Waals surface area contributed by atoms with Gasteiger partial charge in [-0.2, -0.15) is 0 Å². The lowest BCUT2D eigenvalue weighted by atomic mass is 10.5. The van der Waals surface area contributed by atoms with Crippen LogP contribution in [0.1, 0.15) is 27.7 Å². The Kier molecular flexibility index (Phi) is 7.80. The van der Waals surface area contributed by atoms with Crippen LogP contribution in [0.15, 0.2) is 0 Å². The Hall–Kier alpha value is 0.354. The van der Waals surface area contributed by atoms with E-state index >= 15 is 0 Å². The van der Waals surface area contributed by atoms with E-state index in [1.165, 1.54) is 12.1 Å². The minimum Gasteiger partial charge on any atom is -0.354 e. The van der Waals surface area contributed by atoms with E-state index < -0.39 is 8.07 Å². The normalized spacial score (nSPS) is 13.1. The van der Waals surface area contributed by atoms with Crippen LogP contribution >= 0.6 is 0 Å². The molecule has 0 saturated carbocycles. The zero-order chi connectivity index (χ0) is 12.8. The number of hydrogen-bond donors (Lipinski definition) is 0. The summed E-state index contributed by atoms with van der Waals surface area (Å²) in [6, 6.07) is 2.62. The molecule has 2 nitrogen and oxygen atoms in total. The third-order valence-electron chi connectivity index (χ3n) is 1.98. The van der Waals surface area contributed by atoms with E-state index in [0.717, 1.165) is 9.52 Å². The van der Waals surface area contributed by atoms with Gasteiger partial charge in [-0.3, -0.25) is 0 Å². The second kappa shape index (κ2) is 7.64. The van der Waals surface area contributed by atoms with Gasteiger partial charge in [-0.05, 0) is 27.7 Å². The van der Waals surface area contributed by atoms with Gasteiger partial charge >= 0.3 is 0 Å². The van der Waals surface area contributed by atoms with Crippen LogP contribution in [0.3, 0.4) is 0 Å². The van der Waals surface area contributed by atoms with E-state index in [4.69, 9.17) is 9.47 Å². The molecule has 2 radical (unpaired) electrons. The Morgan fingerprint density at radius 2 is 1.38 bits per heavy atom. The van der Waals surface area contributed by atoms with Crippen molar-refractivity contribution in [1.82, 2.24) is 0 Å². The second-order valence-electron chi connectivity index (χ2n) is 5.97. The first-order valence-electron chi connectivity index (χ1n) is 6.25. The monoisotopic (exact) mass is 260 g/mol. The summed E-state index contributed by atoms with van der Waals surface area (Å²) in [6.07, 6.45) is 0.506. The van der Waals surface area contributed by atoms with Crippen molar-refractivity contribution in [2.45, 2.75) is 77.5 Å². The van der Waals surface area contributed by atoms with Gasteiger partial charge in [0.1, 0.15) is 15.4 Å². The fourth-order valence-corrected chi connectivity index (χ4v) is 5.74. The molecular weight excluding hydrogens is 232 g/mol. The molecule has 0 heterocycles. The number of hydrogen-bond acceptors (Lipinski definition) is 2. The predicted molar refractivity (Wildman–Crippen MR) is 74.9 cm³/mol. The minimum atomic E-state index is -0.908. The summed E-state index contributed by atoms with van der Waals surface area (Å²) in [6.45, 7) is 15.5. The maximum Gasteiger partial charge on any atom is 0.137 e. The molecular formula is C12H28O2Si2. The zero-order valence-electron chi connectivity index (χ0n) is 12.0. The predicted octanol–water partition coefficient (Wildman–Crippen LogP) is 3.58. The molecule has 0 fully saturated rings. The van der Waals surface area contributed by atoms with Crippen LogP contribution in [0, 0.1) is 0 Å². The van der Waals surface area contributed by atoms with Crippen molar-refractivity contribution in [2.24, 2.45) is 0 Å². The third-order valence-corrected chi connectivity index (χ3v) is 5.37. The molecule has 0 aliphatic heterocycles. The molecule has 0 unspecified atom stereocenters. The Balaban J connectivity index is 3.92. The van der Waals surface area contributed by atoms with E-state index in [1.807, 2.05) is 0 Å². The third kappa shape index (κ3) is 10.9. The van der Waals surface area contributed by atoms with Gasteiger partial charge in [-0.1, -0.05) is 31.7 Å². The van der Waals surface area contributed by atoms with Gasteiger partial charge in [0, 0.05) is 8.07 Å². The van der Waals surface area contributed by atoms with Gasteiger partial charge < -0.3 is 9.47 Å². The highest BCUT2D eigenvalue weighted by molar-refractivity contribution is 6.76. The standard InChI is InChI=1S/C12H28O2Si2/c1-10(2)13-12(14-11(3)4)15-8-9-16(5,6)7/h10-12H,8-9H2,1-7H3. The van der Waals surface area contributed by atoms with E-state index in [0.29, 0.717) is 0 Å². The van der Waals surface area contributed by atoms with Gasteiger partial charge in [-0.15, -0.1) is 0 Å². The van der Waals surface area contributed by atoms with Crippen LogP contribution in [0.5, 0.6) is 0 Å². The van der Waals surface area contributed by atoms with Crippen LogP contribution < -0.4 is 0 Å². The Bertz CT molecular complexity index is 166. The number of ether oxygens (including phenoxy) is 2. The first-order valence-corrected chi connectivity index (χ1v) is 11.2. The molecule has 16 heavy (non-hydrogen) atoms. The van der Waals surface area contributed by atoms with Crippen molar-refractivity contribution < 1.29 is 9.47 Å². The summed E-state index contributed by atoms with van der Waals surface area (Å²) in [5, 5.41) is 0. The first kappa shape index (κ1) is 16.4. The lowest BCUT2D eigenvalue weighted by Crippen LogP contribution is -2.31. The SMILES string of the molecule is CC(C)OC(OC(C)C)[Si]CC[Si](C)(C)C. The summed E-state index contributed by atoms with van der Waals surface area (Å²) < 4.78 is 11.6. The highest BCUT2D eigenvalue weighted by Gasteiger charge is 2.17. The molecule has 0 saturated heterocycles. The summed E-state index contributed by atoms with van der Waals surface area (Å²) >= 11 is 0. The van der Waals surface area contributed by atoms with Gasteiger partial charge in [0.05, 0.1) is 12.2 Å². The summed E-state index contributed by atoms with van der Waals surface area (Å²) in [5.74, 6) is 0.0105. The van der Waals surface area contributed by atoms with Crippen LogP contribution in [-0.2, 0) is 9.47 Å². The first-order chi connectivity index (χ1) is 7.20. The van der Waals surface area contributed by atoms with E-state index in [2.05, 4.69) is 47.3 Å². The van der Waals surface area contributed by atoms with Crippen LogP contribution in [-0.4, -0.2) is 35.7 Å². The van der Waals surface area contributed by atoms with Crippen molar-refractivity contribution in [3.63, 3.8) is 0 Å². The summed E-state index contributed by atoms with van der Waals surface area (Å²) in [5.41, 5.74) is 0. The van der Waals surface area contributed by atoms with Crippen LogP contribution in [0.2, 0.25) is 31.7 Å².